The summed E-state index contributed by atoms with van der Waals surface area (Å²) in [6, 6.07) is 13.2. The van der Waals surface area contributed by atoms with E-state index in [9.17, 15) is 4.79 Å². The van der Waals surface area contributed by atoms with E-state index in [4.69, 9.17) is 26.3 Å². The molecule has 0 aliphatic rings. The molecule has 0 fully saturated rings. The second kappa shape index (κ2) is 7.44. The van der Waals surface area contributed by atoms with Gasteiger partial charge in [0.1, 0.15) is 5.56 Å². The van der Waals surface area contributed by atoms with Gasteiger partial charge in [0, 0.05) is 6.04 Å². The third kappa shape index (κ3) is 4.03. The Labute approximate surface area is 149 Å². The zero-order valence-electron chi connectivity index (χ0n) is 13.7. The molecule has 3 rings (SSSR count). The van der Waals surface area contributed by atoms with Gasteiger partial charge in [-0.2, -0.15) is 0 Å². The molecule has 0 saturated carbocycles. The maximum Gasteiger partial charge on any atom is 0.259 e. The first kappa shape index (κ1) is 17.1. The average Bonchev–Trinajstić information content (AvgIpc) is 3.19. The number of amides is 1. The van der Waals surface area contributed by atoms with E-state index in [1.165, 1.54) is 5.56 Å². The molecule has 25 heavy (non-hydrogen) atoms. The highest BCUT2D eigenvalue weighted by atomic mass is 35.5. The molecular weight excluding hydrogens is 342 g/mol. The topological polar surface area (TPSA) is 94.3 Å². The Balaban J connectivity index is 1.68. The number of carbonyl (C=O) groups is 1. The van der Waals surface area contributed by atoms with Crippen molar-refractivity contribution in [3.8, 4) is 11.5 Å². The fraction of sp³-hybridized carbons (Fsp3) is 0.222. The molecule has 0 saturated heterocycles. The van der Waals surface area contributed by atoms with Gasteiger partial charge in [0.15, 0.2) is 16.7 Å². The molecule has 0 aliphatic carbocycles. The molecule has 0 radical (unpaired) electrons. The van der Waals surface area contributed by atoms with Crippen LogP contribution in [0.25, 0.3) is 11.5 Å². The maximum atomic E-state index is 12.6. The Morgan fingerprint density at radius 2 is 2.04 bits per heavy atom. The summed E-state index contributed by atoms with van der Waals surface area (Å²) in [6.07, 6.45) is 1.66. The van der Waals surface area contributed by atoms with Crippen LogP contribution in [-0.4, -0.2) is 17.1 Å². The number of carbonyl (C=O) groups excluding carboxylic acids is 1. The number of nitrogens with one attached hydrogen (secondary N) is 1. The molecule has 7 heteroatoms. The molecule has 1 amide bonds. The van der Waals surface area contributed by atoms with Gasteiger partial charge < -0.3 is 20.0 Å². The summed E-state index contributed by atoms with van der Waals surface area (Å²) in [5.74, 6) is -0.0929. The summed E-state index contributed by atoms with van der Waals surface area (Å²) in [5, 5.41) is 6.92. The molecule has 3 N–H and O–H groups in total. The lowest BCUT2D eigenvalue weighted by Gasteiger charge is -2.13. The fourth-order valence-electron chi connectivity index (χ4n) is 2.53. The standard InChI is InChI=1S/C18H18ClN3O3/c1-11(7-8-12-5-3-2-4-6-12)21-18(23)15-16(22-25-17(15)20)13-9-10-14(19)24-13/h2-6,9-11H,7-8,20H2,1H3,(H,21,23). The number of aromatic nitrogens is 1. The van der Waals surface area contributed by atoms with E-state index in [2.05, 4.69) is 22.6 Å². The molecule has 130 valence electrons. The number of nitrogens with zero attached hydrogens (tertiary/aromatic N) is 1. The number of halogens is 1. The minimum Gasteiger partial charge on any atom is -0.443 e. The van der Waals surface area contributed by atoms with E-state index in [0.29, 0.717) is 5.76 Å². The molecule has 2 heterocycles. The molecule has 3 aromatic rings. The second-order valence-corrected chi connectivity index (χ2v) is 6.15. The summed E-state index contributed by atoms with van der Waals surface area (Å²) in [5.41, 5.74) is 7.37. The molecule has 2 aromatic heterocycles. The average molecular weight is 360 g/mol. The number of rotatable bonds is 6. The molecule has 0 spiro atoms. The number of hydrogen-bond donors (Lipinski definition) is 2. The van der Waals surface area contributed by atoms with Crippen LogP contribution in [0.3, 0.4) is 0 Å². The zero-order chi connectivity index (χ0) is 17.8. The minimum absolute atomic E-state index is 0.0463. The van der Waals surface area contributed by atoms with Gasteiger partial charge in [-0.3, -0.25) is 4.79 Å². The van der Waals surface area contributed by atoms with Crippen LogP contribution in [0.2, 0.25) is 5.22 Å². The zero-order valence-corrected chi connectivity index (χ0v) is 14.4. The molecular formula is C18H18ClN3O3. The van der Waals surface area contributed by atoms with Crippen LogP contribution in [0.1, 0.15) is 29.3 Å². The highest BCUT2D eigenvalue weighted by Gasteiger charge is 2.25. The lowest BCUT2D eigenvalue weighted by molar-refractivity contribution is 0.0939. The molecule has 1 aromatic carbocycles. The molecule has 6 nitrogen and oxygen atoms in total. The Kier molecular flexibility index (Phi) is 5.09. The van der Waals surface area contributed by atoms with Crippen LogP contribution < -0.4 is 11.1 Å². The van der Waals surface area contributed by atoms with Gasteiger partial charge in [-0.15, -0.1) is 0 Å². The van der Waals surface area contributed by atoms with Crippen molar-refractivity contribution >= 4 is 23.4 Å². The molecule has 0 bridgehead atoms. The second-order valence-electron chi connectivity index (χ2n) is 5.77. The summed E-state index contributed by atoms with van der Waals surface area (Å²) in [4.78, 5) is 12.6. The normalized spacial score (nSPS) is 12.1. The highest BCUT2D eigenvalue weighted by molar-refractivity contribution is 6.29. The minimum atomic E-state index is -0.359. The third-order valence-corrected chi connectivity index (χ3v) is 4.04. The van der Waals surface area contributed by atoms with Crippen molar-refractivity contribution in [2.24, 2.45) is 0 Å². The fourth-order valence-corrected chi connectivity index (χ4v) is 2.67. The van der Waals surface area contributed by atoms with E-state index in [-0.39, 0.29) is 34.3 Å². The van der Waals surface area contributed by atoms with Crippen LogP contribution in [0, 0.1) is 0 Å². The Bertz CT molecular complexity index is 858. The summed E-state index contributed by atoms with van der Waals surface area (Å²) in [7, 11) is 0. The lowest BCUT2D eigenvalue weighted by atomic mass is 10.1. The van der Waals surface area contributed by atoms with E-state index < -0.39 is 0 Å². The Hall–Kier alpha value is -2.73. The summed E-state index contributed by atoms with van der Waals surface area (Å²) >= 11 is 5.78. The molecule has 1 unspecified atom stereocenters. The third-order valence-electron chi connectivity index (χ3n) is 3.84. The number of furan rings is 1. The Morgan fingerprint density at radius 1 is 1.28 bits per heavy atom. The first-order valence-electron chi connectivity index (χ1n) is 7.90. The van der Waals surface area contributed by atoms with Crippen LogP contribution >= 0.6 is 11.6 Å². The first-order valence-corrected chi connectivity index (χ1v) is 8.28. The summed E-state index contributed by atoms with van der Waals surface area (Å²) in [6.45, 7) is 1.94. The van der Waals surface area contributed by atoms with Crippen LogP contribution in [0.5, 0.6) is 0 Å². The molecule has 0 aliphatic heterocycles. The molecule has 1 atom stereocenters. The van der Waals surface area contributed by atoms with Crippen molar-refractivity contribution < 1.29 is 13.7 Å². The van der Waals surface area contributed by atoms with Crippen molar-refractivity contribution in [2.45, 2.75) is 25.8 Å². The number of nitrogens with two attached hydrogens (primary N) is 1. The SMILES string of the molecule is CC(CCc1ccccc1)NC(=O)c1c(-c2ccc(Cl)o2)noc1N. The van der Waals surface area contributed by atoms with Gasteiger partial charge in [0.2, 0.25) is 5.88 Å². The number of aryl methyl sites for hydroxylation is 1. The van der Waals surface area contributed by atoms with Crippen LogP contribution in [-0.2, 0) is 6.42 Å². The number of hydrogen-bond acceptors (Lipinski definition) is 5. The van der Waals surface area contributed by atoms with Crippen molar-refractivity contribution in [3.05, 3.63) is 58.8 Å². The smallest absolute Gasteiger partial charge is 0.259 e. The van der Waals surface area contributed by atoms with Crippen molar-refractivity contribution in [1.29, 1.82) is 0 Å². The van der Waals surface area contributed by atoms with Crippen LogP contribution in [0.15, 0.2) is 51.4 Å². The quantitative estimate of drug-likeness (QED) is 0.695. The van der Waals surface area contributed by atoms with Gasteiger partial charge in [-0.1, -0.05) is 35.5 Å². The number of benzene rings is 1. The number of nitrogen functional groups attached to an aromatic ring is 1. The predicted molar refractivity (Wildman–Crippen MR) is 95.3 cm³/mol. The lowest BCUT2D eigenvalue weighted by Crippen LogP contribution is -2.33. The number of anilines is 1. The van der Waals surface area contributed by atoms with Crippen LogP contribution in [0.4, 0.5) is 5.88 Å². The van der Waals surface area contributed by atoms with Gasteiger partial charge in [0.25, 0.3) is 5.91 Å². The van der Waals surface area contributed by atoms with Crippen molar-refractivity contribution in [2.75, 3.05) is 5.73 Å². The predicted octanol–water partition coefficient (Wildman–Crippen LogP) is 3.92. The maximum absolute atomic E-state index is 12.6. The first-order chi connectivity index (χ1) is 12.0. The largest absolute Gasteiger partial charge is 0.443 e. The monoisotopic (exact) mass is 359 g/mol. The van der Waals surface area contributed by atoms with Gasteiger partial charge in [0.05, 0.1) is 0 Å². The van der Waals surface area contributed by atoms with Gasteiger partial charge in [-0.05, 0) is 49.1 Å². The highest BCUT2D eigenvalue weighted by Crippen LogP contribution is 2.30. The van der Waals surface area contributed by atoms with Gasteiger partial charge in [-0.25, -0.2) is 0 Å². The van der Waals surface area contributed by atoms with E-state index in [1.807, 2.05) is 25.1 Å². The van der Waals surface area contributed by atoms with E-state index in [0.717, 1.165) is 12.8 Å². The van der Waals surface area contributed by atoms with Crippen molar-refractivity contribution in [3.63, 3.8) is 0 Å². The summed E-state index contributed by atoms with van der Waals surface area (Å²) < 4.78 is 10.2. The van der Waals surface area contributed by atoms with Gasteiger partial charge >= 0.3 is 0 Å². The van der Waals surface area contributed by atoms with E-state index in [1.54, 1.807) is 12.1 Å². The van der Waals surface area contributed by atoms with Crippen molar-refractivity contribution in [1.82, 2.24) is 10.5 Å². The Morgan fingerprint density at radius 3 is 2.72 bits per heavy atom. The van der Waals surface area contributed by atoms with E-state index >= 15 is 0 Å².